The lowest BCUT2D eigenvalue weighted by Crippen LogP contribution is -2.38. The van der Waals surface area contributed by atoms with Gasteiger partial charge in [0.05, 0.1) is 11.6 Å². The Morgan fingerprint density at radius 3 is 2.54 bits per heavy atom. The lowest BCUT2D eigenvalue weighted by molar-refractivity contribution is 0.0697. The number of nitrogens with one attached hydrogen (secondary N) is 1. The van der Waals surface area contributed by atoms with Crippen molar-refractivity contribution in [1.29, 1.82) is 5.26 Å². The average Bonchev–Trinajstić information content (AvgIpc) is 2.68. The van der Waals surface area contributed by atoms with E-state index < -0.39 is 5.91 Å². The second-order valence-corrected chi connectivity index (χ2v) is 6.55. The van der Waals surface area contributed by atoms with Gasteiger partial charge in [0.15, 0.2) is 0 Å². The Morgan fingerprint density at radius 2 is 1.88 bits per heavy atom. The molecule has 6 nitrogen and oxygen atoms in total. The normalized spacial score (nSPS) is 14.5. The van der Waals surface area contributed by atoms with Crippen molar-refractivity contribution >= 4 is 17.5 Å². The van der Waals surface area contributed by atoms with Gasteiger partial charge in [-0.1, -0.05) is 6.92 Å². The summed E-state index contributed by atoms with van der Waals surface area (Å²) in [5.74, 6) is 0.189. The van der Waals surface area contributed by atoms with Gasteiger partial charge in [0.25, 0.3) is 11.8 Å². The monoisotopic (exact) mass is 348 g/mol. The molecule has 26 heavy (non-hydrogen) atoms. The first-order valence-corrected chi connectivity index (χ1v) is 8.63. The molecular formula is C20H20N4O2. The fourth-order valence-electron chi connectivity index (χ4n) is 2.91. The van der Waals surface area contributed by atoms with Gasteiger partial charge < -0.3 is 10.2 Å². The maximum atomic E-state index is 12.6. The van der Waals surface area contributed by atoms with Crippen LogP contribution in [0.5, 0.6) is 0 Å². The molecule has 0 spiro atoms. The van der Waals surface area contributed by atoms with Gasteiger partial charge >= 0.3 is 0 Å². The van der Waals surface area contributed by atoms with Crippen molar-refractivity contribution in [3.8, 4) is 6.07 Å². The molecular weight excluding hydrogens is 328 g/mol. The zero-order valence-corrected chi connectivity index (χ0v) is 14.6. The van der Waals surface area contributed by atoms with Crippen LogP contribution in [-0.2, 0) is 0 Å². The molecule has 0 aliphatic carbocycles. The van der Waals surface area contributed by atoms with Crippen LogP contribution in [0, 0.1) is 17.2 Å². The highest BCUT2D eigenvalue weighted by Crippen LogP contribution is 2.18. The molecule has 2 aromatic rings. The molecule has 1 fully saturated rings. The molecule has 2 heterocycles. The van der Waals surface area contributed by atoms with Gasteiger partial charge in [0, 0.05) is 30.5 Å². The number of anilines is 1. The Bertz CT molecular complexity index is 847. The van der Waals surface area contributed by atoms with E-state index in [9.17, 15) is 9.59 Å². The van der Waals surface area contributed by atoms with Crippen molar-refractivity contribution in [3.05, 3.63) is 59.4 Å². The van der Waals surface area contributed by atoms with Crippen LogP contribution in [0.15, 0.2) is 42.6 Å². The van der Waals surface area contributed by atoms with Crippen LogP contribution in [0.1, 0.15) is 46.2 Å². The third-order valence-corrected chi connectivity index (χ3v) is 4.58. The Balaban J connectivity index is 1.70. The molecule has 0 radical (unpaired) electrons. The summed E-state index contributed by atoms with van der Waals surface area (Å²) in [6.45, 7) is 3.68. The van der Waals surface area contributed by atoms with Gasteiger partial charge in [-0.2, -0.15) is 5.26 Å². The van der Waals surface area contributed by atoms with Crippen molar-refractivity contribution in [2.75, 3.05) is 18.4 Å². The zero-order chi connectivity index (χ0) is 18.5. The fraction of sp³-hybridized carbons (Fsp3) is 0.300. The minimum Gasteiger partial charge on any atom is -0.339 e. The van der Waals surface area contributed by atoms with Gasteiger partial charge in [-0.25, -0.2) is 0 Å². The van der Waals surface area contributed by atoms with E-state index in [1.807, 2.05) is 11.0 Å². The Hall–Kier alpha value is -3.20. The number of carbonyl (C=O) groups is 2. The highest BCUT2D eigenvalue weighted by molar-refractivity contribution is 6.04. The molecule has 1 N–H and O–H groups in total. The Labute approximate surface area is 152 Å². The van der Waals surface area contributed by atoms with E-state index in [0.717, 1.165) is 25.9 Å². The number of pyridine rings is 1. The smallest absolute Gasteiger partial charge is 0.274 e. The zero-order valence-electron chi connectivity index (χ0n) is 14.6. The molecule has 1 aromatic heterocycles. The van der Waals surface area contributed by atoms with Gasteiger partial charge in [0.1, 0.15) is 5.69 Å². The van der Waals surface area contributed by atoms with Crippen LogP contribution in [0.3, 0.4) is 0 Å². The number of hydrogen-bond donors (Lipinski definition) is 1. The summed E-state index contributed by atoms with van der Waals surface area (Å²) in [5.41, 5.74) is 1.74. The van der Waals surface area contributed by atoms with E-state index >= 15 is 0 Å². The van der Waals surface area contributed by atoms with E-state index in [1.165, 1.54) is 12.3 Å². The lowest BCUT2D eigenvalue weighted by atomic mass is 9.98. The van der Waals surface area contributed by atoms with E-state index in [-0.39, 0.29) is 11.6 Å². The maximum Gasteiger partial charge on any atom is 0.274 e. The fourth-order valence-corrected chi connectivity index (χ4v) is 2.91. The van der Waals surface area contributed by atoms with Gasteiger partial charge in [0.2, 0.25) is 0 Å². The topological polar surface area (TPSA) is 86.1 Å². The minimum atomic E-state index is -0.392. The first-order chi connectivity index (χ1) is 12.6. The number of piperidine rings is 1. The van der Waals surface area contributed by atoms with Gasteiger partial charge in [-0.15, -0.1) is 0 Å². The number of benzene rings is 1. The molecule has 1 saturated heterocycles. The predicted molar refractivity (Wildman–Crippen MR) is 97.6 cm³/mol. The first-order valence-electron chi connectivity index (χ1n) is 8.63. The molecule has 1 aliphatic heterocycles. The third-order valence-electron chi connectivity index (χ3n) is 4.58. The van der Waals surface area contributed by atoms with Crippen molar-refractivity contribution in [3.63, 3.8) is 0 Å². The summed E-state index contributed by atoms with van der Waals surface area (Å²) < 4.78 is 0. The summed E-state index contributed by atoms with van der Waals surface area (Å²) in [7, 11) is 0. The van der Waals surface area contributed by atoms with Crippen molar-refractivity contribution in [1.82, 2.24) is 9.88 Å². The molecule has 0 saturated carbocycles. The summed E-state index contributed by atoms with van der Waals surface area (Å²) >= 11 is 0. The molecule has 1 aromatic carbocycles. The highest BCUT2D eigenvalue weighted by atomic mass is 16.2. The molecule has 3 rings (SSSR count). The molecule has 0 unspecified atom stereocenters. The summed E-state index contributed by atoms with van der Waals surface area (Å²) in [6.07, 6.45) is 3.49. The van der Waals surface area contributed by atoms with Crippen LogP contribution < -0.4 is 5.32 Å². The molecule has 132 valence electrons. The van der Waals surface area contributed by atoms with Crippen molar-refractivity contribution < 1.29 is 9.59 Å². The van der Waals surface area contributed by atoms with Crippen LogP contribution in [0.25, 0.3) is 0 Å². The average molecular weight is 348 g/mol. The number of carbonyl (C=O) groups excluding carboxylic acids is 2. The number of nitriles is 1. The molecule has 0 bridgehead atoms. The second-order valence-electron chi connectivity index (χ2n) is 6.55. The van der Waals surface area contributed by atoms with E-state index in [4.69, 9.17) is 5.26 Å². The third kappa shape index (κ3) is 4.06. The minimum absolute atomic E-state index is 0.0632. The number of rotatable bonds is 3. The first kappa shape index (κ1) is 17.6. The van der Waals surface area contributed by atoms with Crippen LogP contribution >= 0.6 is 0 Å². The van der Waals surface area contributed by atoms with Crippen LogP contribution in [0.2, 0.25) is 0 Å². The molecule has 6 heteroatoms. The van der Waals surface area contributed by atoms with E-state index in [2.05, 4.69) is 17.2 Å². The lowest BCUT2D eigenvalue weighted by Gasteiger charge is -2.30. The molecule has 2 amide bonds. The van der Waals surface area contributed by atoms with Gasteiger partial charge in [-0.3, -0.25) is 14.6 Å². The summed E-state index contributed by atoms with van der Waals surface area (Å²) in [5, 5.41) is 11.5. The van der Waals surface area contributed by atoms with Crippen molar-refractivity contribution in [2.24, 2.45) is 5.92 Å². The van der Waals surface area contributed by atoms with Crippen LogP contribution in [0.4, 0.5) is 5.69 Å². The van der Waals surface area contributed by atoms with E-state index in [0.29, 0.717) is 22.7 Å². The van der Waals surface area contributed by atoms with E-state index in [1.54, 1.807) is 30.3 Å². The van der Waals surface area contributed by atoms with Crippen molar-refractivity contribution in [2.45, 2.75) is 19.8 Å². The number of hydrogen-bond acceptors (Lipinski definition) is 4. The Morgan fingerprint density at radius 1 is 1.19 bits per heavy atom. The molecule has 0 atom stereocenters. The SMILES string of the molecule is CC1CCN(C(=O)c2ccnc(C(=O)Nc3ccc(C#N)cc3)c2)CC1. The molecule has 1 aliphatic rings. The predicted octanol–water partition coefficient (Wildman–Crippen LogP) is 3.08. The number of nitrogens with zero attached hydrogens (tertiary/aromatic N) is 3. The summed E-state index contributed by atoms with van der Waals surface area (Å²) in [4.78, 5) is 30.9. The summed E-state index contributed by atoms with van der Waals surface area (Å²) in [6, 6.07) is 11.7. The maximum absolute atomic E-state index is 12.6. The number of likely N-dealkylation sites (tertiary alicyclic amines) is 1. The number of amides is 2. The largest absolute Gasteiger partial charge is 0.339 e. The van der Waals surface area contributed by atoms with Gasteiger partial charge in [-0.05, 0) is 55.2 Å². The number of aromatic nitrogens is 1. The Kier molecular flexibility index (Phi) is 5.28. The standard InChI is InChI=1S/C20H20N4O2/c1-14-7-10-24(11-8-14)20(26)16-6-9-22-18(12-16)19(25)23-17-4-2-15(13-21)3-5-17/h2-6,9,12,14H,7-8,10-11H2,1H3,(H,23,25). The highest BCUT2D eigenvalue weighted by Gasteiger charge is 2.22. The second kappa shape index (κ2) is 7.79. The van der Waals surface area contributed by atoms with Crippen LogP contribution in [-0.4, -0.2) is 34.8 Å². The quantitative estimate of drug-likeness (QED) is 0.923.